The van der Waals surface area contributed by atoms with Gasteiger partial charge in [0.15, 0.2) is 6.39 Å². The van der Waals surface area contributed by atoms with E-state index in [-0.39, 0.29) is 11.9 Å². The van der Waals surface area contributed by atoms with E-state index in [4.69, 9.17) is 4.42 Å². The van der Waals surface area contributed by atoms with Crippen molar-refractivity contribution < 1.29 is 9.21 Å². The van der Waals surface area contributed by atoms with Gasteiger partial charge in [0.05, 0.1) is 18.3 Å². The number of oxazole rings is 1. The zero-order chi connectivity index (χ0) is 14.1. The normalized spacial score (nSPS) is 34.1. The van der Waals surface area contributed by atoms with E-state index in [0.717, 1.165) is 18.5 Å². The molecular formula is C15H23N3O2. The van der Waals surface area contributed by atoms with Gasteiger partial charge < -0.3 is 14.6 Å². The molecule has 1 aliphatic heterocycles. The van der Waals surface area contributed by atoms with Gasteiger partial charge in [-0.15, -0.1) is 0 Å². The fraction of sp³-hybridized carbons (Fsp3) is 0.733. The van der Waals surface area contributed by atoms with Crippen molar-refractivity contribution in [3.63, 3.8) is 0 Å². The highest BCUT2D eigenvalue weighted by Crippen LogP contribution is 2.39. The summed E-state index contributed by atoms with van der Waals surface area (Å²) < 4.78 is 5.04. The van der Waals surface area contributed by atoms with Gasteiger partial charge in [0.2, 0.25) is 5.91 Å². The van der Waals surface area contributed by atoms with Crippen molar-refractivity contribution in [1.82, 2.24) is 15.2 Å². The second kappa shape index (κ2) is 5.56. The zero-order valence-corrected chi connectivity index (χ0v) is 12.2. The second-order valence-corrected chi connectivity index (χ2v) is 6.18. The van der Waals surface area contributed by atoms with Crippen molar-refractivity contribution in [2.75, 3.05) is 7.05 Å². The number of nitrogens with one attached hydrogen (secondary N) is 1. The molecule has 0 bridgehead atoms. The van der Waals surface area contributed by atoms with Crippen molar-refractivity contribution in [2.24, 2.45) is 11.8 Å². The Morgan fingerprint density at radius 1 is 1.50 bits per heavy atom. The molecule has 2 aliphatic rings. The molecule has 1 aromatic heterocycles. The van der Waals surface area contributed by atoms with E-state index in [2.05, 4.69) is 17.2 Å². The van der Waals surface area contributed by atoms with Gasteiger partial charge in [-0.1, -0.05) is 13.3 Å². The Hall–Kier alpha value is -1.36. The molecule has 1 N–H and O–H groups in total. The topological polar surface area (TPSA) is 58.4 Å². The Balaban J connectivity index is 1.87. The molecule has 1 saturated heterocycles. The van der Waals surface area contributed by atoms with E-state index < -0.39 is 0 Å². The molecule has 110 valence electrons. The van der Waals surface area contributed by atoms with Gasteiger partial charge in [-0.3, -0.25) is 4.79 Å². The molecule has 0 radical (unpaired) electrons. The molecular weight excluding hydrogens is 254 g/mol. The standard InChI is InChI=1S/C15H23N3O2/c1-10-6-11-4-3-5-13(11)18(15(19)14(10)16-2)7-12-8-20-9-17-12/h8-11,13-14,16H,3-7H2,1-2H3. The molecule has 4 unspecified atom stereocenters. The highest BCUT2D eigenvalue weighted by atomic mass is 16.3. The first-order valence-electron chi connectivity index (χ1n) is 7.55. The molecule has 2 heterocycles. The number of amides is 1. The Morgan fingerprint density at radius 3 is 3.05 bits per heavy atom. The minimum absolute atomic E-state index is 0.0764. The average molecular weight is 277 g/mol. The van der Waals surface area contributed by atoms with Crippen LogP contribution in [0.5, 0.6) is 0 Å². The molecule has 1 saturated carbocycles. The first-order chi connectivity index (χ1) is 9.70. The quantitative estimate of drug-likeness (QED) is 0.915. The number of carbonyl (C=O) groups is 1. The lowest BCUT2D eigenvalue weighted by Gasteiger charge is -2.31. The summed E-state index contributed by atoms with van der Waals surface area (Å²) in [6.45, 7) is 2.76. The number of hydrogen-bond donors (Lipinski definition) is 1. The molecule has 5 heteroatoms. The molecule has 0 spiro atoms. The van der Waals surface area contributed by atoms with Crippen molar-refractivity contribution in [3.8, 4) is 0 Å². The lowest BCUT2D eigenvalue weighted by Crippen LogP contribution is -2.49. The number of fused-ring (bicyclic) bond motifs is 1. The van der Waals surface area contributed by atoms with E-state index in [1.807, 2.05) is 11.9 Å². The maximum absolute atomic E-state index is 12.9. The van der Waals surface area contributed by atoms with E-state index in [9.17, 15) is 4.79 Å². The van der Waals surface area contributed by atoms with Gasteiger partial charge in [0.1, 0.15) is 6.26 Å². The van der Waals surface area contributed by atoms with Gasteiger partial charge >= 0.3 is 0 Å². The maximum atomic E-state index is 12.9. The van der Waals surface area contributed by atoms with Crippen LogP contribution in [-0.2, 0) is 11.3 Å². The molecule has 1 aromatic rings. The van der Waals surface area contributed by atoms with Crippen LogP contribution in [0.3, 0.4) is 0 Å². The highest BCUT2D eigenvalue weighted by molar-refractivity contribution is 5.83. The van der Waals surface area contributed by atoms with Gasteiger partial charge in [0, 0.05) is 6.04 Å². The van der Waals surface area contributed by atoms with Crippen molar-refractivity contribution in [1.29, 1.82) is 0 Å². The third-order valence-electron chi connectivity index (χ3n) is 4.94. The van der Waals surface area contributed by atoms with Crippen LogP contribution < -0.4 is 5.32 Å². The molecule has 20 heavy (non-hydrogen) atoms. The summed E-state index contributed by atoms with van der Waals surface area (Å²) >= 11 is 0. The SMILES string of the molecule is CNC1C(=O)N(Cc2cocn2)C2CCCC2CC1C. The third-order valence-corrected chi connectivity index (χ3v) is 4.94. The van der Waals surface area contributed by atoms with Gasteiger partial charge in [0.25, 0.3) is 0 Å². The number of hydrogen-bond acceptors (Lipinski definition) is 4. The summed E-state index contributed by atoms with van der Waals surface area (Å²) in [6, 6.07) is 0.299. The summed E-state index contributed by atoms with van der Waals surface area (Å²) in [5, 5.41) is 3.21. The molecule has 2 fully saturated rings. The summed E-state index contributed by atoms with van der Waals surface area (Å²) in [5.41, 5.74) is 0.841. The average Bonchev–Trinajstić information content (AvgIpc) is 3.06. The fourth-order valence-corrected chi connectivity index (χ4v) is 3.99. The van der Waals surface area contributed by atoms with Crippen molar-refractivity contribution >= 4 is 5.91 Å². The van der Waals surface area contributed by atoms with Crippen LogP contribution in [0, 0.1) is 11.8 Å². The van der Waals surface area contributed by atoms with Crippen LogP contribution in [-0.4, -0.2) is 34.9 Å². The van der Waals surface area contributed by atoms with E-state index in [1.54, 1.807) is 6.26 Å². The molecule has 1 aliphatic carbocycles. The Labute approximate surface area is 119 Å². The van der Waals surface area contributed by atoms with Crippen LogP contribution in [0.25, 0.3) is 0 Å². The molecule has 3 rings (SSSR count). The smallest absolute Gasteiger partial charge is 0.240 e. The lowest BCUT2D eigenvalue weighted by molar-refractivity contribution is -0.136. The van der Waals surface area contributed by atoms with Gasteiger partial charge in [-0.2, -0.15) is 0 Å². The molecule has 4 atom stereocenters. The molecule has 1 amide bonds. The van der Waals surface area contributed by atoms with Crippen molar-refractivity contribution in [3.05, 3.63) is 18.4 Å². The third kappa shape index (κ3) is 2.35. The van der Waals surface area contributed by atoms with Crippen molar-refractivity contribution in [2.45, 2.75) is 51.2 Å². The van der Waals surface area contributed by atoms with E-state index in [0.29, 0.717) is 24.4 Å². The molecule has 5 nitrogen and oxygen atoms in total. The number of carbonyl (C=O) groups excluding carboxylic acids is 1. The maximum Gasteiger partial charge on any atom is 0.240 e. The number of nitrogens with zero attached hydrogens (tertiary/aromatic N) is 2. The number of likely N-dealkylation sites (tertiary alicyclic amines) is 1. The number of rotatable bonds is 3. The fourth-order valence-electron chi connectivity index (χ4n) is 3.99. The number of aromatic nitrogens is 1. The minimum atomic E-state index is -0.0764. The second-order valence-electron chi connectivity index (χ2n) is 6.18. The highest BCUT2D eigenvalue weighted by Gasteiger charge is 2.43. The first kappa shape index (κ1) is 13.6. The summed E-state index contributed by atoms with van der Waals surface area (Å²) in [5.74, 6) is 1.25. The minimum Gasteiger partial charge on any atom is -0.451 e. The predicted octanol–water partition coefficient (Wildman–Crippen LogP) is 1.80. The van der Waals surface area contributed by atoms with Crippen LogP contribution in [0.15, 0.2) is 17.1 Å². The van der Waals surface area contributed by atoms with Crippen LogP contribution in [0.2, 0.25) is 0 Å². The molecule has 0 aromatic carbocycles. The van der Waals surface area contributed by atoms with E-state index in [1.165, 1.54) is 19.2 Å². The monoisotopic (exact) mass is 277 g/mol. The Bertz CT molecular complexity index is 460. The van der Waals surface area contributed by atoms with Gasteiger partial charge in [-0.25, -0.2) is 4.98 Å². The number of likely N-dealkylation sites (N-methyl/N-ethyl adjacent to an activating group) is 1. The van der Waals surface area contributed by atoms with E-state index >= 15 is 0 Å². The summed E-state index contributed by atoms with van der Waals surface area (Å²) in [4.78, 5) is 19.1. The van der Waals surface area contributed by atoms with Gasteiger partial charge in [-0.05, 0) is 38.1 Å². The van der Waals surface area contributed by atoms with Crippen LogP contribution >= 0.6 is 0 Å². The summed E-state index contributed by atoms with van der Waals surface area (Å²) in [7, 11) is 1.88. The largest absolute Gasteiger partial charge is 0.451 e. The summed E-state index contributed by atoms with van der Waals surface area (Å²) in [6.07, 6.45) is 7.80. The predicted molar refractivity (Wildman–Crippen MR) is 74.8 cm³/mol. The Kier molecular flexibility index (Phi) is 3.78. The van der Waals surface area contributed by atoms with Crippen LogP contribution in [0.4, 0.5) is 0 Å². The lowest BCUT2D eigenvalue weighted by atomic mass is 9.90. The Morgan fingerprint density at radius 2 is 2.35 bits per heavy atom. The first-order valence-corrected chi connectivity index (χ1v) is 7.55. The van der Waals surface area contributed by atoms with Crippen LogP contribution in [0.1, 0.15) is 38.3 Å². The zero-order valence-electron chi connectivity index (χ0n) is 12.2.